The normalized spacial score (nSPS) is 29.7. The summed E-state index contributed by atoms with van der Waals surface area (Å²) in [5, 5.41) is 14.2. The highest BCUT2D eigenvalue weighted by Gasteiger charge is 2.43. The summed E-state index contributed by atoms with van der Waals surface area (Å²) in [5.41, 5.74) is 1.22. The number of ether oxygens (including phenoxy) is 1. The lowest BCUT2D eigenvalue weighted by molar-refractivity contribution is -0.125. The van der Waals surface area contributed by atoms with Crippen LogP contribution >= 0.6 is 0 Å². The third kappa shape index (κ3) is 4.67. The zero-order chi connectivity index (χ0) is 19.6. The van der Waals surface area contributed by atoms with Gasteiger partial charge in [0, 0.05) is 31.8 Å². The Morgan fingerprint density at radius 3 is 2.86 bits per heavy atom. The van der Waals surface area contributed by atoms with E-state index in [9.17, 15) is 4.79 Å². The molecule has 1 aliphatic heterocycles. The molecule has 4 atom stereocenters. The molecule has 2 aliphatic carbocycles. The summed E-state index contributed by atoms with van der Waals surface area (Å²) >= 11 is 0. The number of tetrazole rings is 1. The lowest BCUT2D eigenvalue weighted by Gasteiger charge is -2.38. The first-order valence-electron chi connectivity index (χ1n) is 10.6. The van der Waals surface area contributed by atoms with E-state index in [0.717, 1.165) is 39.1 Å². The van der Waals surface area contributed by atoms with Gasteiger partial charge in [0.2, 0.25) is 5.91 Å². The number of fused-ring (bicyclic) bond motifs is 1. The van der Waals surface area contributed by atoms with Crippen molar-refractivity contribution in [2.75, 3.05) is 19.7 Å². The molecule has 156 valence electrons. The maximum Gasteiger partial charge on any atom is 0.242 e. The standard InChI is InChI=1S/C20H28N6O3/c27-20(10-26-13-21-23-24-26)22-18-5-16-8-25(7-15-3-4-28-11-15)9-17(16)6-19(18)29-12-14-1-2-14/h3-4,11,13-14,16-19H,1-2,5-10,12H2,(H,22,27)/t16-,17+,18-,19-/m0/s1. The molecule has 1 N–H and O–H groups in total. The van der Waals surface area contributed by atoms with Crippen LogP contribution in [0.25, 0.3) is 0 Å². The van der Waals surface area contributed by atoms with E-state index in [4.69, 9.17) is 9.15 Å². The Hall–Kier alpha value is -2.26. The van der Waals surface area contributed by atoms with Crippen molar-refractivity contribution >= 4 is 5.91 Å². The molecule has 0 unspecified atom stereocenters. The molecule has 2 saturated carbocycles. The highest BCUT2D eigenvalue weighted by atomic mass is 16.5. The number of nitrogens with one attached hydrogen (secondary N) is 1. The molecule has 0 aromatic carbocycles. The molecule has 3 heterocycles. The van der Waals surface area contributed by atoms with Gasteiger partial charge in [-0.1, -0.05) is 0 Å². The topological polar surface area (TPSA) is 98.3 Å². The third-order valence-electron chi connectivity index (χ3n) is 6.47. The van der Waals surface area contributed by atoms with Crippen LogP contribution in [0.1, 0.15) is 31.2 Å². The Morgan fingerprint density at radius 1 is 1.28 bits per heavy atom. The van der Waals surface area contributed by atoms with Crippen molar-refractivity contribution < 1.29 is 13.9 Å². The maximum atomic E-state index is 12.5. The summed E-state index contributed by atoms with van der Waals surface area (Å²) < 4.78 is 13.0. The average Bonchev–Trinajstić information content (AvgIpc) is 3.08. The molecule has 29 heavy (non-hydrogen) atoms. The van der Waals surface area contributed by atoms with E-state index < -0.39 is 0 Å². The van der Waals surface area contributed by atoms with Gasteiger partial charge in [0.1, 0.15) is 12.9 Å². The first-order chi connectivity index (χ1) is 14.2. The summed E-state index contributed by atoms with van der Waals surface area (Å²) in [6, 6.07) is 2.08. The number of carbonyl (C=O) groups is 1. The van der Waals surface area contributed by atoms with Crippen LogP contribution in [-0.2, 0) is 22.6 Å². The van der Waals surface area contributed by atoms with E-state index in [1.807, 2.05) is 12.3 Å². The van der Waals surface area contributed by atoms with Crippen LogP contribution < -0.4 is 5.32 Å². The van der Waals surface area contributed by atoms with E-state index in [2.05, 4.69) is 25.7 Å². The van der Waals surface area contributed by atoms with Crippen molar-refractivity contribution in [2.24, 2.45) is 17.8 Å². The average molecular weight is 400 g/mol. The second-order valence-corrected chi connectivity index (χ2v) is 8.81. The minimum absolute atomic E-state index is 0.0489. The monoisotopic (exact) mass is 400 g/mol. The fourth-order valence-electron chi connectivity index (χ4n) is 4.81. The molecule has 5 rings (SSSR count). The third-order valence-corrected chi connectivity index (χ3v) is 6.47. The number of amides is 1. The molecule has 0 radical (unpaired) electrons. The van der Waals surface area contributed by atoms with Crippen molar-refractivity contribution in [3.63, 3.8) is 0 Å². The molecule has 0 spiro atoms. The number of rotatable bonds is 8. The van der Waals surface area contributed by atoms with Gasteiger partial charge in [-0.25, -0.2) is 4.68 Å². The Kier molecular flexibility index (Phi) is 5.32. The molecule has 9 nitrogen and oxygen atoms in total. The minimum atomic E-state index is -0.0611. The number of furan rings is 1. The van der Waals surface area contributed by atoms with Crippen LogP contribution in [0.15, 0.2) is 29.3 Å². The van der Waals surface area contributed by atoms with E-state index in [1.165, 1.54) is 29.4 Å². The lowest BCUT2D eigenvalue weighted by atomic mass is 9.77. The van der Waals surface area contributed by atoms with Crippen molar-refractivity contribution in [3.8, 4) is 0 Å². The van der Waals surface area contributed by atoms with Gasteiger partial charge in [0.05, 0.1) is 24.7 Å². The highest BCUT2D eigenvalue weighted by molar-refractivity contribution is 5.76. The van der Waals surface area contributed by atoms with Gasteiger partial charge in [-0.2, -0.15) is 0 Å². The molecule has 2 aromatic rings. The summed E-state index contributed by atoms with van der Waals surface area (Å²) in [7, 11) is 0. The SMILES string of the molecule is O=C(Cn1cnnn1)N[C@H]1C[C@H]2CN(Cc3ccoc3)C[C@H]2C[C@@H]1OCC1CC1. The number of hydrogen-bond acceptors (Lipinski definition) is 7. The van der Waals surface area contributed by atoms with Gasteiger partial charge in [-0.05, 0) is 59.9 Å². The molecule has 1 saturated heterocycles. The molecule has 0 bridgehead atoms. The first-order valence-corrected chi connectivity index (χ1v) is 10.6. The summed E-state index contributed by atoms with van der Waals surface area (Å²) in [5.74, 6) is 1.86. The van der Waals surface area contributed by atoms with E-state index in [0.29, 0.717) is 17.8 Å². The van der Waals surface area contributed by atoms with E-state index in [1.54, 1.807) is 6.26 Å². The largest absolute Gasteiger partial charge is 0.472 e. The first kappa shape index (κ1) is 18.7. The summed E-state index contributed by atoms with van der Waals surface area (Å²) in [6.45, 7) is 4.03. The number of nitrogens with zero attached hydrogens (tertiary/aromatic N) is 5. The van der Waals surface area contributed by atoms with E-state index in [-0.39, 0.29) is 24.6 Å². The number of hydrogen-bond donors (Lipinski definition) is 1. The van der Waals surface area contributed by atoms with Crippen LogP contribution in [-0.4, -0.2) is 62.9 Å². The lowest BCUT2D eigenvalue weighted by Crippen LogP contribution is -2.51. The van der Waals surface area contributed by atoms with Gasteiger partial charge in [0.25, 0.3) is 0 Å². The van der Waals surface area contributed by atoms with Crippen LogP contribution in [0.4, 0.5) is 0 Å². The Bertz CT molecular complexity index is 791. The Morgan fingerprint density at radius 2 is 2.14 bits per heavy atom. The van der Waals surface area contributed by atoms with Crippen molar-refractivity contribution in [1.82, 2.24) is 30.4 Å². The fraction of sp³-hybridized carbons (Fsp3) is 0.700. The molecule has 2 aromatic heterocycles. The zero-order valence-corrected chi connectivity index (χ0v) is 16.5. The van der Waals surface area contributed by atoms with Crippen LogP contribution in [0, 0.1) is 17.8 Å². The predicted molar refractivity (Wildman–Crippen MR) is 102 cm³/mol. The van der Waals surface area contributed by atoms with Gasteiger partial charge >= 0.3 is 0 Å². The Labute approximate surface area is 169 Å². The smallest absolute Gasteiger partial charge is 0.242 e. The highest BCUT2D eigenvalue weighted by Crippen LogP contribution is 2.39. The van der Waals surface area contributed by atoms with Gasteiger partial charge in [-0.15, -0.1) is 5.10 Å². The van der Waals surface area contributed by atoms with Crippen molar-refractivity contribution in [1.29, 1.82) is 0 Å². The van der Waals surface area contributed by atoms with Gasteiger partial charge < -0.3 is 14.5 Å². The van der Waals surface area contributed by atoms with Gasteiger partial charge in [0.15, 0.2) is 0 Å². The number of aromatic nitrogens is 4. The molecule has 9 heteroatoms. The predicted octanol–water partition coefficient (Wildman–Crippen LogP) is 1.09. The Balaban J connectivity index is 1.21. The van der Waals surface area contributed by atoms with Crippen molar-refractivity contribution in [2.45, 2.75) is 50.9 Å². The van der Waals surface area contributed by atoms with Gasteiger partial charge in [-0.3, -0.25) is 9.69 Å². The molecule has 3 aliphatic rings. The number of carbonyl (C=O) groups excluding carboxylic acids is 1. The quantitative estimate of drug-likeness (QED) is 0.708. The molecule has 3 fully saturated rings. The molecular formula is C20H28N6O3. The van der Waals surface area contributed by atoms with Crippen LogP contribution in [0.3, 0.4) is 0 Å². The zero-order valence-electron chi connectivity index (χ0n) is 16.5. The van der Waals surface area contributed by atoms with E-state index >= 15 is 0 Å². The van der Waals surface area contributed by atoms with Crippen LogP contribution in [0.2, 0.25) is 0 Å². The minimum Gasteiger partial charge on any atom is -0.472 e. The second kappa shape index (κ2) is 8.23. The molecular weight excluding hydrogens is 372 g/mol. The second-order valence-electron chi connectivity index (χ2n) is 8.81. The summed E-state index contributed by atoms with van der Waals surface area (Å²) in [4.78, 5) is 15.0. The summed E-state index contributed by atoms with van der Waals surface area (Å²) in [6.07, 6.45) is 9.62. The number of likely N-dealkylation sites (tertiary alicyclic amines) is 1. The van der Waals surface area contributed by atoms with Crippen molar-refractivity contribution in [3.05, 3.63) is 30.5 Å². The fourth-order valence-corrected chi connectivity index (χ4v) is 4.81. The van der Waals surface area contributed by atoms with Crippen LogP contribution in [0.5, 0.6) is 0 Å². The molecule has 1 amide bonds. The maximum absolute atomic E-state index is 12.5.